The molecule has 6 N–H and O–H groups in total. The molecule has 7 heteroatoms. The van der Waals surface area contributed by atoms with Crippen molar-refractivity contribution >= 4 is 16.0 Å². The van der Waals surface area contributed by atoms with Gasteiger partial charge in [0, 0.05) is 6.54 Å². The zero-order valence-corrected chi connectivity index (χ0v) is 8.23. The van der Waals surface area contributed by atoms with E-state index in [1.165, 1.54) is 0 Å². The van der Waals surface area contributed by atoms with E-state index in [9.17, 15) is 8.42 Å². The lowest BCUT2D eigenvalue weighted by molar-refractivity contribution is 0.590. The molecule has 0 aromatic heterocycles. The SMILES string of the molecule is N=C(N)NCCCCCS(N)(=O)=O. The number of primary sulfonamides is 1. The molecule has 0 aliphatic heterocycles. The molecule has 13 heavy (non-hydrogen) atoms. The molecule has 0 atom stereocenters. The summed E-state index contributed by atoms with van der Waals surface area (Å²) in [4.78, 5) is 0. The van der Waals surface area contributed by atoms with E-state index in [-0.39, 0.29) is 11.7 Å². The maximum atomic E-state index is 10.5. The smallest absolute Gasteiger partial charge is 0.209 e. The summed E-state index contributed by atoms with van der Waals surface area (Å²) in [5.74, 6) is -0.0426. The van der Waals surface area contributed by atoms with Crippen LogP contribution in [0.1, 0.15) is 19.3 Å². The third-order valence-electron chi connectivity index (χ3n) is 1.42. The highest BCUT2D eigenvalue weighted by Gasteiger charge is 2.00. The van der Waals surface area contributed by atoms with Crippen molar-refractivity contribution in [1.29, 1.82) is 5.41 Å². The van der Waals surface area contributed by atoms with Crippen LogP contribution in [0.2, 0.25) is 0 Å². The van der Waals surface area contributed by atoms with E-state index in [2.05, 4.69) is 5.32 Å². The summed E-state index contributed by atoms with van der Waals surface area (Å²) in [6.07, 6.45) is 2.10. The van der Waals surface area contributed by atoms with Gasteiger partial charge in [0.2, 0.25) is 10.0 Å². The van der Waals surface area contributed by atoms with Crippen LogP contribution in [0.5, 0.6) is 0 Å². The summed E-state index contributed by atoms with van der Waals surface area (Å²) in [5.41, 5.74) is 5.03. The van der Waals surface area contributed by atoms with E-state index in [1.54, 1.807) is 0 Å². The lowest BCUT2D eigenvalue weighted by atomic mass is 10.2. The average Bonchev–Trinajstić information content (AvgIpc) is 1.93. The van der Waals surface area contributed by atoms with Crippen LogP contribution in [0.15, 0.2) is 0 Å². The largest absolute Gasteiger partial charge is 0.370 e. The van der Waals surface area contributed by atoms with Gasteiger partial charge in [-0.25, -0.2) is 13.6 Å². The van der Waals surface area contributed by atoms with Crippen molar-refractivity contribution in [2.24, 2.45) is 10.9 Å². The third kappa shape index (κ3) is 11.2. The molecule has 0 aromatic rings. The van der Waals surface area contributed by atoms with Crippen molar-refractivity contribution in [3.05, 3.63) is 0 Å². The Hall–Kier alpha value is -0.820. The highest BCUT2D eigenvalue weighted by Crippen LogP contribution is 1.95. The van der Waals surface area contributed by atoms with Crippen LogP contribution >= 0.6 is 0 Å². The summed E-state index contributed by atoms with van der Waals surface area (Å²) in [7, 11) is -3.31. The highest BCUT2D eigenvalue weighted by molar-refractivity contribution is 7.89. The Kier molecular flexibility index (Phi) is 5.40. The van der Waals surface area contributed by atoms with Crippen LogP contribution in [0.3, 0.4) is 0 Å². The molecule has 0 bridgehead atoms. The molecule has 78 valence electrons. The van der Waals surface area contributed by atoms with E-state index in [0.29, 0.717) is 13.0 Å². The molecule has 0 spiro atoms. The fourth-order valence-electron chi connectivity index (χ4n) is 0.828. The summed E-state index contributed by atoms with van der Waals surface area (Å²) >= 11 is 0. The minimum absolute atomic E-state index is 0.0209. The Labute approximate surface area is 78.2 Å². The monoisotopic (exact) mass is 208 g/mol. The van der Waals surface area contributed by atoms with Crippen molar-refractivity contribution in [2.75, 3.05) is 12.3 Å². The van der Waals surface area contributed by atoms with E-state index < -0.39 is 10.0 Å². The summed E-state index contributed by atoms with van der Waals surface area (Å²) in [6, 6.07) is 0. The summed E-state index contributed by atoms with van der Waals surface area (Å²) < 4.78 is 21.0. The van der Waals surface area contributed by atoms with Gasteiger partial charge in [0.05, 0.1) is 5.75 Å². The van der Waals surface area contributed by atoms with Crippen molar-refractivity contribution in [3.63, 3.8) is 0 Å². The highest BCUT2D eigenvalue weighted by atomic mass is 32.2. The van der Waals surface area contributed by atoms with Crippen molar-refractivity contribution in [2.45, 2.75) is 19.3 Å². The van der Waals surface area contributed by atoms with Gasteiger partial charge in [-0.2, -0.15) is 0 Å². The number of unbranched alkanes of at least 4 members (excludes halogenated alkanes) is 2. The second kappa shape index (κ2) is 5.76. The molecule has 0 saturated carbocycles. The molecule has 0 rings (SSSR count). The van der Waals surface area contributed by atoms with Crippen molar-refractivity contribution in [1.82, 2.24) is 5.32 Å². The topological polar surface area (TPSA) is 122 Å². The lowest BCUT2D eigenvalue weighted by Crippen LogP contribution is -2.30. The number of hydrogen-bond acceptors (Lipinski definition) is 3. The molecular formula is C6H16N4O2S. The predicted molar refractivity (Wildman–Crippen MR) is 51.7 cm³/mol. The lowest BCUT2D eigenvalue weighted by Gasteiger charge is -2.02. The van der Waals surface area contributed by atoms with E-state index in [4.69, 9.17) is 16.3 Å². The van der Waals surface area contributed by atoms with Crippen molar-refractivity contribution in [3.8, 4) is 0 Å². The Morgan fingerprint density at radius 3 is 2.38 bits per heavy atom. The van der Waals surface area contributed by atoms with Gasteiger partial charge in [-0.15, -0.1) is 0 Å². The Morgan fingerprint density at radius 2 is 1.92 bits per heavy atom. The minimum Gasteiger partial charge on any atom is -0.370 e. The maximum absolute atomic E-state index is 10.5. The molecule has 0 heterocycles. The molecule has 0 aromatic carbocycles. The molecule has 6 nitrogen and oxygen atoms in total. The normalized spacial score (nSPS) is 11.2. The van der Waals surface area contributed by atoms with Gasteiger partial charge in [0.1, 0.15) is 0 Å². The summed E-state index contributed by atoms with van der Waals surface area (Å²) in [6.45, 7) is 0.597. The predicted octanol–water partition coefficient (Wildman–Crippen LogP) is -1.07. The zero-order valence-electron chi connectivity index (χ0n) is 7.41. The molecule has 0 saturated heterocycles. The summed E-state index contributed by atoms with van der Waals surface area (Å²) in [5, 5.41) is 14.2. The third-order valence-corrected chi connectivity index (χ3v) is 2.28. The molecule has 0 unspecified atom stereocenters. The fourth-order valence-corrected chi connectivity index (χ4v) is 1.43. The second-order valence-electron chi connectivity index (χ2n) is 2.77. The van der Waals surface area contributed by atoms with Crippen LogP contribution in [-0.4, -0.2) is 26.7 Å². The number of nitrogens with two attached hydrogens (primary N) is 2. The number of rotatable bonds is 6. The van der Waals surface area contributed by atoms with Crippen LogP contribution in [-0.2, 0) is 10.0 Å². The Bertz CT molecular complexity index is 249. The number of nitrogens with one attached hydrogen (secondary N) is 2. The van der Waals surface area contributed by atoms with Gasteiger partial charge in [0.25, 0.3) is 0 Å². The number of hydrogen-bond donors (Lipinski definition) is 4. The van der Waals surface area contributed by atoms with Gasteiger partial charge in [-0.3, -0.25) is 5.41 Å². The second-order valence-corrected chi connectivity index (χ2v) is 4.50. The Morgan fingerprint density at radius 1 is 1.31 bits per heavy atom. The molecule has 0 amide bonds. The van der Waals surface area contributed by atoms with Crippen LogP contribution in [0.25, 0.3) is 0 Å². The number of guanidine groups is 1. The van der Waals surface area contributed by atoms with Gasteiger partial charge >= 0.3 is 0 Å². The first-order chi connectivity index (χ1) is 5.92. The molecule has 0 fully saturated rings. The molecule has 0 aliphatic carbocycles. The minimum atomic E-state index is -3.31. The van der Waals surface area contributed by atoms with Gasteiger partial charge in [0.15, 0.2) is 5.96 Å². The van der Waals surface area contributed by atoms with E-state index >= 15 is 0 Å². The first-order valence-electron chi connectivity index (χ1n) is 4.00. The van der Waals surface area contributed by atoms with Gasteiger partial charge in [-0.1, -0.05) is 6.42 Å². The van der Waals surface area contributed by atoms with Crippen LogP contribution < -0.4 is 16.2 Å². The molecule has 0 radical (unpaired) electrons. The quantitative estimate of drug-likeness (QED) is 0.252. The zero-order chi connectivity index (χ0) is 10.3. The van der Waals surface area contributed by atoms with Crippen LogP contribution in [0.4, 0.5) is 0 Å². The van der Waals surface area contributed by atoms with Gasteiger partial charge in [-0.05, 0) is 12.8 Å². The molecule has 0 aliphatic rings. The van der Waals surface area contributed by atoms with Crippen molar-refractivity contribution < 1.29 is 8.42 Å². The first kappa shape index (κ1) is 12.2. The fraction of sp³-hybridized carbons (Fsp3) is 0.833. The van der Waals surface area contributed by atoms with Gasteiger partial charge < -0.3 is 11.1 Å². The first-order valence-corrected chi connectivity index (χ1v) is 5.72. The Balaban J connectivity index is 3.23. The van der Waals surface area contributed by atoms with E-state index in [0.717, 1.165) is 12.8 Å². The number of sulfonamides is 1. The standard InChI is InChI=1S/C6H16N4O2S/c7-6(8)10-4-2-1-3-5-13(9,11)12/h1-5H2,(H4,7,8,10)(H2,9,11,12). The van der Waals surface area contributed by atoms with E-state index in [1.807, 2.05) is 0 Å². The maximum Gasteiger partial charge on any atom is 0.209 e. The average molecular weight is 208 g/mol. The molecular weight excluding hydrogens is 192 g/mol. The van der Waals surface area contributed by atoms with Crippen LogP contribution in [0, 0.1) is 5.41 Å².